The summed E-state index contributed by atoms with van der Waals surface area (Å²) >= 11 is 0. The van der Waals surface area contributed by atoms with Gasteiger partial charge in [-0.05, 0) is 25.0 Å². The summed E-state index contributed by atoms with van der Waals surface area (Å²) in [6.07, 6.45) is 4.49. The highest BCUT2D eigenvalue weighted by Gasteiger charge is 2.24. The van der Waals surface area contributed by atoms with Gasteiger partial charge >= 0.3 is 0 Å². The zero-order valence-electron chi connectivity index (χ0n) is 16.2. The first-order valence-corrected chi connectivity index (χ1v) is 9.95. The molecule has 0 N–H and O–H groups in total. The molecule has 4 rings (SSSR count). The molecule has 0 bridgehead atoms. The molecule has 1 saturated heterocycles. The number of carbonyl (C=O) groups is 1. The van der Waals surface area contributed by atoms with E-state index in [-0.39, 0.29) is 12.0 Å². The third-order valence-corrected chi connectivity index (χ3v) is 4.98. The second-order valence-corrected chi connectivity index (χ2v) is 7.11. The van der Waals surface area contributed by atoms with Crippen LogP contribution in [0, 0.1) is 0 Å². The molecule has 29 heavy (non-hydrogen) atoms. The van der Waals surface area contributed by atoms with Crippen molar-refractivity contribution in [3.63, 3.8) is 0 Å². The number of amides is 1. The summed E-state index contributed by atoms with van der Waals surface area (Å²) in [5, 5.41) is 4.01. The lowest BCUT2D eigenvalue weighted by molar-refractivity contribution is -0.135. The Morgan fingerprint density at radius 3 is 2.86 bits per heavy atom. The molecule has 1 aliphatic rings. The van der Waals surface area contributed by atoms with E-state index in [9.17, 15) is 4.79 Å². The number of likely N-dealkylation sites (tertiary alicyclic amines) is 1. The fourth-order valence-corrected chi connectivity index (χ4v) is 3.42. The number of benzene rings is 1. The Morgan fingerprint density at radius 1 is 1.17 bits per heavy atom. The Hall–Kier alpha value is -3.06. The van der Waals surface area contributed by atoms with Crippen LogP contribution < -0.4 is 0 Å². The molecule has 0 spiro atoms. The first-order chi connectivity index (χ1) is 14.3. The van der Waals surface area contributed by atoms with E-state index in [0.717, 1.165) is 30.6 Å². The van der Waals surface area contributed by atoms with Crippen LogP contribution in [0.15, 0.2) is 59.3 Å². The van der Waals surface area contributed by atoms with Crippen molar-refractivity contribution in [3.05, 3.63) is 66.3 Å². The molecule has 1 atom stereocenters. The van der Waals surface area contributed by atoms with Crippen molar-refractivity contribution >= 4 is 5.91 Å². The van der Waals surface area contributed by atoms with Gasteiger partial charge in [-0.1, -0.05) is 41.6 Å². The third kappa shape index (κ3) is 5.26. The third-order valence-electron chi connectivity index (χ3n) is 4.98. The summed E-state index contributed by atoms with van der Waals surface area (Å²) < 4.78 is 11.3. The van der Waals surface area contributed by atoms with E-state index in [1.807, 2.05) is 53.4 Å². The fourth-order valence-electron chi connectivity index (χ4n) is 3.42. The van der Waals surface area contributed by atoms with E-state index in [4.69, 9.17) is 9.26 Å². The maximum absolute atomic E-state index is 12.6. The van der Waals surface area contributed by atoms with E-state index in [2.05, 4.69) is 15.1 Å². The molecule has 1 amide bonds. The molecule has 7 nitrogen and oxygen atoms in total. The number of carbonyl (C=O) groups excluding carboxylic acids is 1. The lowest BCUT2D eigenvalue weighted by Gasteiger charge is -2.32. The largest absolute Gasteiger partial charge is 0.370 e. The number of ether oxygens (including phenoxy) is 1. The van der Waals surface area contributed by atoms with Crippen LogP contribution >= 0.6 is 0 Å². The van der Waals surface area contributed by atoms with E-state index in [1.165, 1.54) is 0 Å². The van der Waals surface area contributed by atoms with Crippen LogP contribution in [-0.4, -0.2) is 45.1 Å². The Balaban J connectivity index is 1.25. The average Bonchev–Trinajstić information content (AvgIpc) is 3.27. The van der Waals surface area contributed by atoms with Gasteiger partial charge in [0.25, 0.3) is 0 Å². The Kier molecular flexibility index (Phi) is 6.26. The minimum absolute atomic E-state index is 0.0443. The van der Waals surface area contributed by atoms with Gasteiger partial charge < -0.3 is 14.2 Å². The van der Waals surface area contributed by atoms with Gasteiger partial charge in [-0.2, -0.15) is 4.98 Å². The molecule has 3 heterocycles. The molecule has 150 valence electrons. The van der Waals surface area contributed by atoms with Crippen LogP contribution in [0.3, 0.4) is 0 Å². The Morgan fingerprint density at radius 2 is 2.03 bits per heavy atom. The lowest BCUT2D eigenvalue weighted by atomic mass is 10.1. The molecule has 0 aliphatic carbocycles. The number of nitrogens with zero attached hydrogens (tertiary/aromatic N) is 4. The molecule has 1 aliphatic heterocycles. The van der Waals surface area contributed by atoms with Crippen LogP contribution in [0.1, 0.15) is 30.8 Å². The van der Waals surface area contributed by atoms with E-state index >= 15 is 0 Å². The van der Waals surface area contributed by atoms with E-state index in [1.54, 1.807) is 6.20 Å². The highest BCUT2D eigenvalue weighted by molar-refractivity contribution is 5.76. The second kappa shape index (κ2) is 9.43. The summed E-state index contributed by atoms with van der Waals surface area (Å²) in [5.41, 5.74) is 1.80. The zero-order valence-corrected chi connectivity index (χ0v) is 16.2. The SMILES string of the molecule is O=C(CCc1nc(-c2ccccc2)no1)N1CCCC(OCc2ccccn2)C1. The number of rotatable bonds is 7. The maximum atomic E-state index is 12.6. The first-order valence-electron chi connectivity index (χ1n) is 9.95. The summed E-state index contributed by atoms with van der Waals surface area (Å²) in [4.78, 5) is 23.2. The summed E-state index contributed by atoms with van der Waals surface area (Å²) in [6, 6.07) is 15.4. The maximum Gasteiger partial charge on any atom is 0.227 e. The van der Waals surface area contributed by atoms with Gasteiger partial charge in [0.2, 0.25) is 17.6 Å². The van der Waals surface area contributed by atoms with E-state index in [0.29, 0.717) is 37.7 Å². The number of aromatic nitrogens is 3. The second-order valence-electron chi connectivity index (χ2n) is 7.11. The van der Waals surface area contributed by atoms with Crippen molar-refractivity contribution < 1.29 is 14.1 Å². The molecular weight excluding hydrogens is 368 g/mol. The molecule has 0 saturated carbocycles. The molecular formula is C22H24N4O3. The number of piperidine rings is 1. The number of hydrogen-bond donors (Lipinski definition) is 0. The average molecular weight is 392 g/mol. The minimum atomic E-state index is 0.0443. The normalized spacial score (nSPS) is 16.7. The summed E-state index contributed by atoms with van der Waals surface area (Å²) in [5.74, 6) is 1.13. The van der Waals surface area contributed by atoms with Crippen molar-refractivity contribution in [1.29, 1.82) is 0 Å². The van der Waals surface area contributed by atoms with Gasteiger partial charge in [-0.3, -0.25) is 9.78 Å². The highest BCUT2D eigenvalue weighted by atomic mass is 16.5. The molecule has 1 unspecified atom stereocenters. The monoisotopic (exact) mass is 392 g/mol. The number of hydrogen-bond acceptors (Lipinski definition) is 6. The molecule has 0 radical (unpaired) electrons. The minimum Gasteiger partial charge on any atom is -0.370 e. The van der Waals surface area contributed by atoms with Crippen LogP contribution in [0.4, 0.5) is 0 Å². The Bertz CT molecular complexity index is 914. The number of pyridine rings is 1. The van der Waals surface area contributed by atoms with Gasteiger partial charge in [0.15, 0.2) is 0 Å². The van der Waals surface area contributed by atoms with Gasteiger partial charge in [0.1, 0.15) is 0 Å². The van der Waals surface area contributed by atoms with Gasteiger partial charge in [-0.15, -0.1) is 0 Å². The quantitative estimate of drug-likeness (QED) is 0.614. The summed E-state index contributed by atoms with van der Waals surface area (Å²) in [6.45, 7) is 1.85. The van der Waals surface area contributed by atoms with Crippen LogP contribution in [0.2, 0.25) is 0 Å². The molecule has 1 aromatic carbocycles. The molecule has 2 aromatic heterocycles. The Labute approximate surface area is 169 Å². The molecule has 1 fully saturated rings. The lowest BCUT2D eigenvalue weighted by Crippen LogP contribution is -2.43. The van der Waals surface area contributed by atoms with Crippen LogP contribution in [0.25, 0.3) is 11.4 Å². The topological polar surface area (TPSA) is 81.4 Å². The standard InChI is InChI=1S/C22H24N4O3/c27-21(12-11-20-24-22(25-29-20)17-7-2-1-3-8-17)26-14-6-10-19(15-26)28-16-18-9-4-5-13-23-18/h1-5,7-9,13,19H,6,10-12,14-16H2. The predicted molar refractivity (Wildman–Crippen MR) is 107 cm³/mol. The first kappa shape index (κ1) is 19.3. The smallest absolute Gasteiger partial charge is 0.227 e. The van der Waals surface area contributed by atoms with Gasteiger partial charge in [-0.25, -0.2) is 0 Å². The summed E-state index contributed by atoms with van der Waals surface area (Å²) in [7, 11) is 0. The highest BCUT2D eigenvalue weighted by Crippen LogP contribution is 2.18. The van der Waals surface area contributed by atoms with Crippen LogP contribution in [-0.2, 0) is 22.6 Å². The van der Waals surface area contributed by atoms with Crippen molar-refractivity contribution in [2.75, 3.05) is 13.1 Å². The van der Waals surface area contributed by atoms with Gasteiger partial charge in [0, 0.05) is 37.7 Å². The van der Waals surface area contributed by atoms with Gasteiger partial charge in [0.05, 0.1) is 18.4 Å². The molecule has 7 heteroatoms. The predicted octanol–water partition coefficient (Wildman–Crippen LogP) is 3.27. The van der Waals surface area contributed by atoms with Crippen molar-refractivity contribution in [1.82, 2.24) is 20.0 Å². The van der Waals surface area contributed by atoms with Crippen molar-refractivity contribution in [3.8, 4) is 11.4 Å². The van der Waals surface area contributed by atoms with E-state index < -0.39 is 0 Å². The van der Waals surface area contributed by atoms with Crippen LogP contribution in [0.5, 0.6) is 0 Å². The molecule has 3 aromatic rings. The van der Waals surface area contributed by atoms with Crippen molar-refractivity contribution in [2.24, 2.45) is 0 Å². The number of aryl methyl sites for hydroxylation is 1. The van der Waals surface area contributed by atoms with Crippen molar-refractivity contribution in [2.45, 2.75) is 38.4 Å². The zero-order chi connectivity index (χ0) is 19.9. The fraction of sp³-hybridized carbons (Fsp3) is 0.364.